The minimum absolute atomic E-state index is 0.210. The highest BCUT2D eigenvalue weighted by Crippen LogP contribution is 2.40. The van der Waals surface area contributed by atoms with Crippen molar-refractivity contribution in [3.05, 3.63) is 35.9 Å². The third kappa shape index (κ3) is 3.76. The topological polar surface area (TPSA) is 100 Å². The second-order valence-corrected chi connectivity index (χ2v) is 6.59. The fourth-order valence-corrected chi connectivity index (χ4v) is 3.12. The van der Waals surface area contributed by atoms with E-state index in [0.29, 0.717) is 6.61 Å². The molecule has 5 atom stereocenters. The van der Waals surface area contributed by atoms with Crippen LogP contribution < -0.4 is 5.73 Å². The second kappa shape index (κ2) is 6.78. The van der Waals surface area contributed by atoms with E-state index >= 15 is 0 Å². The summed E-state index contributed by atoms with van der Waals surface area (Å²) in [5.74, 6) is -1.75. The van der Waals surface area contributed by atoms with Crippen molar-refractivity contribution in [1.29, 1.82) is 0 Å². The van der Waals surface area contributed by atoms with Gasteiger partial charge in [-0.05, 0) is 19.4 Å². The number of ether oxygens (including phenoxy) is 4. The van der Waals surface area contributed by atoms with Gasteiger partial charge < -0.3 is 29.8 Å². The standard InChI is InChI=1S/C17H23NO6/c1-17(2)23-15-14(21-9-10-6-4-3-5-7-10)13(22-16(15)24-17)11(18)8-12(19)20/h3-7,11,13-16H,8-9,18H2,1-2H3,(H,19,20)/t11-,13?,14+,15-,16-/m1/s1. The Morgan fingerprint density at radius 3 is 2.71 bits per heavy atom. The molecule has 24 heavy (non-hydrogen) atoms. The van der Waals surface area contributed by atoms with Gasteiger partial charge in [0.25, 0.3) is 0 Å². The van der Waals surface area contributed by atoms with Gasteiger partial charge in [-0.15, -0.1) is 0 Å². The number of carboxylic acid groups (broad SMARTS) is 1. The van der Waals surface area contributed by atoms with E-state index in [4.69, 9.17) is 29.8 Å². The molecular formula is C17H23NO6. The van der Waals surface area contributed by atoms with Crippen molar-refractivity contribution in [2.75, 3.05) is 0 Å². The van der Waals surface area contributed by atoms with Crippen molar-refractivity contribution >= 4 is 5.97 Å². The van der Waals surface area contributed by atoms with E-state index in [9.17, 15) is 4.79 Å². The molecule has 0 bridgehead atoms. The van der Waals surface area contributed by atoms with Crippen LogP contribution in [0.3, 0.4) is 0 Å². The van der Waals surface area contributed by atoms with Crippen LogP contribution >= 0.6 is 0 Å². The maximum absolute atomic E-state index is 11.0. The maximum atomic E-state index is 11.0. The molecule has 132 valence electrons. The number of fused-ring (bicyclic) bond motifs is 1. The monoisotopic (exact) mass is 337 g/mol. The Balaban J connectivity index is 1.72. The molecule has 0 amide bonds. The lowest BCUT2D eigenvalue weighted by molar-refractivity contribution is -0.221. The molecule has 1 aromatic rings. The quantitative estimate of drug-likeness (QED) is 0.806. The number of aliphatic carboxylic acids is 1. The van der Waals surface area contributed by atoms with Crippen LogP contribution in [0.5, 0.6) is 0 Å². The minimum atomic E-state index is -0.980. The average molecular weight is 337 g/mol. The van der Waals surface area contributed by atoms with Crippen molar-refractivity contribution < 1.29 is 28.8 Å². The van der Waals surface area contributed by atoms with Crippen molar-refractivity contribution in [1.82, 2.24) is 0 Å². The smallest absolute Gasteiger partial charge is 0.305 e. The summed E-state index contributed by atoms with van der Waals surface area (Å²) < 4.78 is 23.4. The number of hydrogen-bond acceptors (Lipinski definition) is 6. The number of nitrogens with two attached hydrogens (primary N) is 1. The molecule has 0 aliphatic carbocycles. The van der Waals surface area contributed by atoms with Crippen LogP contribution in [0.1, 0.15) is 25.8 Å². The SMILES string of the molecule is CC1(C)O[C@H]2OC([C@H](N)CC(=O)O)[C@H](OCc3ccccc3)[C@H]2O1. The highest BCUT2D eigenvalue weighted by Gasteiger charge is 2.56. The molecule has 7 nitrogen and oxygen atoms in total. The predicted molar refractivity (Wildman–Crippen MR) is 83.9 cm³/mol. The number of carboxylic acids is 1. The molecule has 3 rings (SSSR count). The molecule has 1 unspecified atom stereocenters. The first kappa shape index (κ1) is 17.3. The van der Waals surface area contributed by atoms with Gasteiger partial charge in [0, 0.05) is 6.04 Å². The summed E-state index contributed by atoms with van der Waals surface area (Å²) in [7, 11) is 0. The van der Waals surface area contributed by atoms with Crippen LogP contribution in [0.15, 0.2) is 30.3 Å². The third-order valence-corrected chi connectivity index (χ3v) is 4.14. The largest absolute Gasteiger partial charge is 0.481 e. The Kier molecular flexibility index (Phi) is 4.89. The Labute approximate surface area is 140 Å². The lowest BCUT2D eigenvalue weighted by Gasteiger charge is -2.28. The Hall–Kier alpha value is -1.51. The Bertz CT molecular complexity index is 578. The molecule has 1 aromatic carbocycles. The normalized spacial score (nSPS) is 32.5. The van der Waals surface area contributed by atoms with Gasteiger partial charge in [-0.25, -0.2) is 0 Å². The Morgan fingerprint density at radius 2 is 2.04 bits per heavy atom. The molecule has 0 aromatic heterocycles. The molecule has 0 saturated carbocycles. The number of benzene rings is 1. The lowest BCUT2D eigenvalue weighted by Crippen LogP contribution is -2.47. The summed E-state index contributed by atoms with van der Waals surface area (Å²) in [5.41, 5.74) is 7.02. The van der Waals surface area contributed by atoms with E-state index < -0.39 is 42.4 Å². The van der Waals surface area contributed by atoms with E-state index in [-0.39, 0.29) is 6.42 Å². The van der Waals surface area contributed by atoms with Gasteiger partial charge in [0.1, 0.15) is 18.3 Å². The molecule has 2 aliphatic heterocycles. The van der Waals surface area contributed by atoms with E-state index in [1.807, 2.05) is 30.3 Å². The molecule has 0 spiro atoms. The Morgan fingerprint density at radius 1 is 1.33 bits per heavy atom. The van der Waals surface area contributed by atoms with Gasteiger partial charge in [-0.1, -0.05) is 30.3 Å². The first-order valence-corrected chi connectivity index (χ1v) is 8.00. The summed E-state index contributed by atoms with van der Waals surface area (Å²) in [6.45, 7) is 3.96. The lowest BCUT2D eigenvalue weighted by atomic mass is 10.0. The van der Waals surface area contributed by atoms with E-state index in [1.165, 1.54) is 0 Å². The fourth-order valence-electron chi connectivity index (χ4n) is 3.12. The summed E-state index contributed by atoms with van der Waals surface area (Å²) in [5, 5.41) is 8.99. The van der Waals surface area contributed by atoms with Crippen molar-refractivity contribution in [2.45, 2.75) is 63.3 Å². The number of rotatable bonds is 6. The maximum Gasteiger partial charge on any atom is 0.305 e. The summed E-state index contributed by atoms with van der Waals surface area (Å²) in [6, 6.07) is 8.99. The molecule has 2 aliphatic rings. The molecule has 2 heterocycles. The first-order valence-electron chi connectivity index (χ1n) is 8.00. The first-order chi connectivity index (χ1) is 11.4. The van der Waals surface area contributed by atoms with Crippen LogP contribution in [-0.4, -0.2) is 47.5 Å². The van der Waals surface area contributed by atoms with Crippen molar-refractivity contribution in [3.63, 3.8) is 0 Å². The summed E-state index contributed by atoms with van der Waals surface area (Å²) >= 11 is 0. The van der Waals surface area contributed by atoms with Gasteiger partial charge in [-0.3, -0.25) is 4.79 Å². The highest BCUT2D eigenvalue weighted by molar-refractivity contribution is 5.67. The van der Waals surface area contributed by atoms with Crippen molar-refractivity contribution in [2.24, 2.45) is 5.73 Å². The zero-order valence-electron chi connectivity index (χ0n) is 13.8. The number of hydrogen-bond donors (Lipinski definition) is 2. The van der Waals surface area contributed by atoms with Gasteiger partial charge >= 0.3 is 5.97 Å². The van der Waals surface area contributed by atoms with Gasteiger partial charge in [0.15, 0.2) is 12.1 Å². The second-order valence-electron chi connectivity index (χ2n) is 6.59. The summed E-state index contributed by atoms with van der Waals surface area (Å²) in [6.07, 6.45) is -2.35. The molecule has 0 radical (unpaired) electrons. The summed E-state index contributed by atoms with van der Waals surface area (Å²) in [4.78, 5) is 11.0. The minimum Gasteiger partial charge on any atom is -0.481 e. The molecule has 7 heteroatoms. The number of carbonyl (C=O) groups is 1. The fraction of sp³-hybridized carbons (Fsp3) is 0.588. The van der Waals surface area contributed by atoms with Crippen LogP contribution in [0.25, 0.3) is 0 Å². The van der Waals surface area contributed by atoms with E-state index in [0.717, 1.165) is 5.56 Å². The van der Waals surface area contributed by atoms with E-state index in [2.05, 4.69) is 0 Å². The van der Waals surface area contributed by atoms with Crippen LogP contribution in [0.2, 0.25) is 0 Å². The molecular weight excluding hydrogens is 314 g/mol. The van der Waals surface area contributed by atoms with Gasteiger partial charge in [0.05, 0.1) is 13.0 Å². The zero-order valence-corrected chi connectivity index (χ0v) is 13.8. The average Bonchev–Trinajstić information content (AvgIpc) is 2.97. The zero-order chi connectivity index (χ0) is 17.3. The van der Waals surface area contributed by atoms with E-state index in [1.54, 1.807) is 13.8 Å². The van der Waals surface area contributed by atoms with Crippen LogP contribution in [0.4, 0.5) is 0 Å². The molecule has 2 fully saturated rings. The highest BCUT2D eigenvalue weighted by atomic mass is 16.8. The molecule has 3 N–H and O–H groups in total. The third-order valence-electron chi connectivity index (χ3n) is 4.14. The van der Waals surface area contributed by atoms with Crippen molar-refractivity contribution in [3.8, 4) is 0 Å². The van der Waals surface area contributed by atoms with Gasteiger partial charge in [-0.2, -0.15) is 0 Å². The van der Waals surface area contributed by atoms with Crippen LogP contribution in [-0.2, 0) is 30.3 Å². The molecule has 2 saturated heterocycles. The van der Waals surface area contributed by atoms with Gasteiger partial charge in [0.2, 0.25) is 0 Å². The predicted octanol–water partition coefficient (Wildman–Crippen LogP) is 1.25. The van der Waals surface area contributed by atoms with Crippen LogP contribution in [0, 0.1) is 0 Å².